The molecule has 0 bridgehead atoms. The first-order chi connectivity index (χ1) is 6.66. The Morgan fingerprint density at radius 2 is 2.21 bits per heavy atom. The number of hydrogen-bond acceptors (Lipinski definition) is 3. The van der Waals surface area contributed by atoms with Gasteiger partial charge in [0.25, 0.3) is 0 Å². The summed E-state index contributed by atoms with van der Waals surface area (Å²) in [5.41, 5.74) is 1.79. The van der Waals surface area contributed by atoms with Crippen LogP contribution in [0, 0.1) is 12.7 Å². The molecule has 0 saturated heterocycles. The van der Waals surface area contributed by atoms with Gasteiger partial charge in [0.05, 0.1) is 0 Å². The monoisotopic (exact) mass is 272 g/mol. The van der Waals surface area contributed by atoms with Crippen molar-refractivity contribution in [3.63, 3.8) is 0 Å². The third-order valence-corrected chi connectivity index (χ3v) is 3.16. The Balaban J connectivity index is 2.52. The number of rotatable bonds is 1. The van der Waals surface area contributed by atoms with Crippen LogP contribution in [0.4, 0.5) is 4.39 Å². The molecular formula is C9H6BrFN2S. The maximum Gasteiger partial charge on any atom is 0.209 e. The molecule has 0 amide bonds. The lowest BCUT2D eigenvalue weighted by atomic mass is 10.1. The van der Waals surface area contributed by atoms with Gasteiger partial charge < -0.3 is 0 Å². The van der Waals surface area contributed by atoms with Gasteiger partial charge in [-0.1, -0.05) is 0 Å². The Kier molecular flexibility index (Phi) is 2.60. The summed E-state index contributed by atoms with van der Waals surface area (Å²) in [6.45, 7) is 1.85. The summed E-state index contributed by atoms with van der Waals surface area (Å²) >= 11 is 4.47. The lowest BCUT2D eigenvalue weighted by Gasteiger charge is -2.00. The summed E-state index contributed by atoms with van der Waals surface area (Å²) in [4.78, 5) is 4.17. The predicted octanol–water partition coefficient (Wildman–Crippen LogP) is 3.42. The van der Waals surface area contributed by atoms with Gasteiger partial charge in [0.1, 0.15) is 10.8 Å². The van der Waals surface area contributed by atoms with Crippen molar-refractivity contribution in [3.8, 4) is 10.6 Å². The molecule has 0 aliphatic rings. The Morgan fingerprint density at radius 1 is 1.43 bits per heavy atom. The molecule has 2 aromatic rings. The van der Waals surface area contributed by atoms with E-state index in [0.717, 1.165) is 16.1 Å². The van der Waals surface area contributed by atoms with Gasteiger partial charge in [-0.25, -0.2) is 9.37 Å². The van der Waals surface area contributed by atoms with Gasteiger partial charge in [-0.05, 0) is 58.1 Å². The molecule has 2 rings (SSSR count). The van der Waals surface area contributed by atoms with E-state index in [1.54, 1.807) is 6.07 Å². The molecule has 5 heteroatoms. The van der Waals surface area contributed by atoms with E-state index >= 15 is 0 Å². The molecule has 0 fully saturated rings. The molecule has 2 nitrogen and oxygen atoms in total. The average molecular weight is 273 g/mol. The average Bonchev–Trinajstić information content (AvgIpc) is 2.51. The van der Waals surface area contributed by atoms with Crippen molar-refractivity contribution in [2.24, 2.45) is 0 Å². The first-order valence-corrected chi connectivity index (χ1v) is 5.49. The molecule has 1 heterocycles. The molecule has 72 valence electrons. The third-order valence-electron chi connectivity index (χ3n) is 1.82. The second-order valence-corrected chi connectivity index (χ2v) is 4.29. The molecular weight excluding hydrogens is 267 g/mol. The highest BCUT2D eigenvalue weighted by Crippen LogP contribution is 2.26. The van der Waals surface area contributed by atoms with Gasteiger partial charge in [0.2, 0.25) is 4.73 Å². The highest BCUT2D eigenvalue weighted by Gasteiger charge is 2.07. The first kappa shape index (κ1) is 9.73. The number of aromatic nitrogens is 2. The molecule has 1 aromatic heterocycles. The van der Waals surface area contributed by atoms with Crippen molar-refractivity contribution in [1.82, 2.24) is 9.36 Å². The number of halogens is 2. The van der Waals surface area contributed by atoms with Crippen molar-refractivity contribution >= 4 is 27.5 Å². The minimum atomic E-state index is -0.227. The van der Waals surface area contributed by atoms with E-state index in [4.69, 9.17) is 0 Å². The quantitative estimate of drug-likeness (QED) is 0.795. The Morgan fingerprint density at radius 3 is 2.79 bits per heavy atom. The van der Waals surface area contributed by atoms with Crippen LogP contribution in [0.15, 0.2) is 22.9 Å². The molecule has 0 N–H and O–H groups in total. The van der Waals surface area contributed by atoms with Crippen molar-refractivity contribution in [1.29, 1.82) is 0 Å². The molecule has 0 aliphatic heterocycles. The van der Waals surface area contributed by atoms with E-state index in [-0.39, 0.29) is 5.82 Å². The molecule has 1 aromatic carbocycles. The molecule has 0 aliphatic carbocycles. The summed E-state index contributed by atoms with van der Waals surface area (Å²) in [5.74, 6) is -0.227. The van der Waals surface area contributed by atoms with Crippen LogP contribution in [0.3, 0.4) is 0 Å². The normalized spacial score (nSPS) is 10.5. The molecule has 0 saturated carbocycles. The third kappa shape index (κ3) is 1.83. The SMILES string of the molecule is Cc1cc(F)ccc1-c1nc(Br)ns1. The van der Waals surface area contributed by atoms with Crippen molar-refractivity contribution < 1.29 is 4.39 Å². The Hall–Kier alpha value is -0.810. The van der Waals surface area contributed by atoms with Crippen LogP contribution in [-0.2, 0) is 0 Å². The van der Waals surface area contributed by atoms with E-state index in [0.29, 0.717) is 4.73 Å². The minimum Gasteiger partial charge on any atom is -0.209 e. The van der Waals surface area contributed by atoms with Crippen LogP contribution >= 0.6 is 27.5 Å². The predicted molar refractivity (Wildman–Crippen MR) is 57.7 cm³/mol. The van der Waals surface area contributed by atoms with Gasteiger partial charge >= 0.3 is 0 Å². The highest BCUT2D eigenvalue weighted by atomic mass is 79.9. The summed E-state index contributed by atoms with van der Waals surface area (Å²) in [5, 5.41) is 0.800. The van der Waals surface area contributed by atoms with E-state index in [9.17, 15) is 4.39 Å². The van der Waals surface area contributed by atoms with E-state index in [2.05, 4.69) is 25.3 Å². The first-order valence-electron chi connectivity index (χ1n) is 3.92. The fourth-order valence-electron chi connectivity index (χ4n) is 1.18. The van der Waals surface area contributed by atoms with Crippen LogP contribution in [-0.4, -0.2) is 9.36 Å². The topological polar surface area (TPSA) is 25.8 Å². The number of aryl methyl sites for hydroxylation is 1. The Bertz CT molecular complexity index is 470. The second-order valence-electron chi connectivity index (χ2n) is 2.83. The zero-order valence-corrected chi connectivity index (χ0v) is 9.69. The maximum absolute atomic E-state index is 12.8. The smallest absolute Gasteiger partial charge is 0.209 e. The number of benzene rings is 1. The summed E-state index contributed by atoms with van der Waals surface area (Å²) in [7, 11) is 0. The maximum atomic E-state index is 12.8. The zero-order valence-electron chi connectivity index (χ0n) is 7.29. The van der Waals surface area contributed by atoms with Crippen LogP contribution in [0.25, 0.3) is 10.6 Å². The van der Waals surface area contributed by atoms with Gasteiger partial charge in [0.15, 0.2) is 0 Å². The number of nitrogens with zero attached hydrogens (tertiary/aromatic N) is 2. The van der Waals surface area contributed by atoms with Gasteiger partial charge in [-0.15, -0.1) is 0 Å². The van der Waals surface area contributed by atoms with Gasteiger partial charge in [0, 0.05) is 5.56 Å². The highest BCUT2D eigenvalue weighted by molar-refractivity contribution is 9.10. The van der Waals surface area contributed by atoms with Crippen LogP contribution in [0.2, 0.25) is 0 Å². The van der Waals surface area contributed by atoms with E-state index < -0.39 is 0 Å². The molecule has 0 atom stereocenters. The molecule has 14 heavy (non-hydrogen) atoms. The fraction of sp³-hybridized carbons (Fsp3) is 0.111. The van der Waals surface area contributed by atoms with E-state index in [1.807, 2.05) is 6.92 Å². The van der Waals surface area contributed by atoms with Crippen molar-refractivity contribution in [2.45, 2.75) is 6.92 Å². The van der Waals surface area contributed by atoms with Crippen molar-refractivity contribution in [2.75, 3.05) is 0 Å². The fourth-order valence-corrected chi connectivity index (χ4v) is 2.35. The largest absolute Gasteiger partial charge is 0.209 e. The summed E-state index contributed by atoms with van der Waals surface area (Å²) < 4.78 is 17.4. The summed E-state index contributed by atoms with van der Waals surface area (Å²) in [6, 6.07) is 4.64. The van der Waals surface area contributed by atoms with Gasteiger partial charge in [-0.3, -0.25) is 0 Å². The molecule has 0 spiro atoms. The van der Waals surface area contributed by atoms with Crippen LogP contribution < -0.4 is 0 Å². The lowest BCUT2D eigenvalue weighted by molar-refractivity contribution is 0.627. The van der Waals surface area contributed by atoms with Crippen LogP contribution in [0.5, 0.6) is 0 Å². The zero-order chi connectivity index (χ0) is 10.1. The molecule has 0 unspecified atom stereocenters. The minimum absolute atomic E-state index is 0.227. The van der Waals surface area contributed by atoms with Crippen LogP contribution in [0.1, 0.15) is 5.56 Å². The lowest BCUT2D eigenvalue weighted by Crippen LogP contribution is -1.83. The van der Waals surface area contributed by atoms with Gasteiger partial charge in [-0.2, -0.15) is 4.37 Å². The number of hydrogen-bond donors (Lipinski definition) is 0. The van der Waals surface area contributed by atoms with Crippen molar-refractivity contribution in [3.05, 3.63) is 34.3 Å². The Labute approximate surface area is 93.1 Å². The second kappa shape index (κ2) is 3.74. The molecule has 0 radical (unpaired) electrons. The standard InChI is InChI=1S/C9H6BrFN2S/c1-5-4-6(11)2-3-7(5)8-12-9(10)13-14-8/h2-4H,1H3. The van der Waals surface area contributed by atoms with E-state index in [1.165, 1.54) is 23.7 Å². The summed E-state index contributed by atoms with van der Waals surface area (Å²) in [6.07, 6.45) is 0.